The van der Waals surface area contributed by atoms with Gasteiger partial charge in [0, 0.05) is 0 Å². The van der Waals surface area contributed by atoms with Gasteiger partial charge in [-0.1, -0.05) is 49.0 Å². The van der Waals surface area contributed by atoms with E-state index in [9.17, 15) is 0 Å². The van der Waals surface area contributed by atoms with Crippen LogP contribution in [0.4, 0.5) is 0 Å². The predicted molar refractivity (Wildman–Crippen MR) is 88.5 cm³/mol. The Morgan fingerprint density at radius 1 is 1.29 bits per heavy atom. The van der Waals surface area contributed by atoms with E-state index in [2.05, 4.69) is 12.0 Å². The van der Waals surface area contributed by atoms with Crippen molar-refractivity contribution in [3.8, 4) is 11.6 Å². The average Bonchev–Trinajstić information content (AvgIpc) is 2.45. The molecule has 0 bridgehead atoms. The third-order valence-corrected chi connectivity index (χ3v) is 4.35. The number of para-hydroxylation sites is 1. The predicted octanol–water partition coefficient (Wildman–Crippen LogP) is 4.81. The SMILES string of the molecule is CCCCCn1scc(Oc2c(Cl)cccc2Cl)[nH]n1N. The molecule has 5 nitrogen and oxygen atoms in total. The standard InChI is InChI=1S/C13H18Cl2N4OS/c1-2-3-4-8-18-19(16)17-12(9-21-18)20-13-10(14)6-5-7-11(13)15/h5-7,9,17H,2-4,8,16H2,1H3. The molecule has 21 heavy (non-hydrogen) atoms. The number of nitrogens with two attached hydrogens (primary N) is 1. The van der Waals surface area contributed by atoms with Gasteiger partial charge < -0.3 is 10.6 Å². The van der Waals surface area contributed by atoms with Gasteiger partial charge in [-0.2, -0.15) is 0 Å². The number of nitrogens with zero attached hydrogens (tertiary/aromatic N) is 2. The molecular weight excluding hydrogens is 331 g/mol. The Bertz CT molecular complexity index is 607. The summed E-state index contributed by atoms with van der Waals surface area (Å²) in [5.41, 5.74) is 0. The Balaban J connectivity index is 2.13. The normalized spacial score (nSPS) is 10.6. The van der Waals surface area contributed by atoms with Gasteiger partial charge in [0.15, 0.2) is 5.75 Å². The van der Waals surface area contributed by atoms with Crippen LogP contribution in [-0.2, 0) is 6.54 Å². The highest BCUT2D eigenvalue weighted by molar-refractivity contribution is 7.04. The van der Waals surface area contributed by atoms with E-state index in [4.69, 9.17) is 33.8 Å². The molecule has 0 amide bonds. The Hall–Kier alpha value is -1.24. The number of nitrogens with one attached hydrogen (secondary N) is 1. The van der Waals surface area contributed by atoms with Gasteiger partial charge in [-0.25, -0.2) is 9.17 Å². The lowest BCUT2D eigenvalue weighted by Gasteiger charge is -2.14. The first kappa shape index (κ1) is 16.1. The van der Waals surface area contributed by atoms with Crippen molar-refractivity contribution in [2.45, 2.75) is 32.7 Å². The van der Waals surface area contributed by atoms with Crippen LogP contribution in [0.25, 0.3) is 0 Å². The summed E-state index contributed by atoms with van der Waals surface area (Å²) in [4.78, 5) is 1.40. The van der Waals surface area contributed by atoms with Gasteiger partial charge in [-0.3, -0.25) is 0 Å². The van der Waals surface area contributed by atoms with E-state index in [1.807, 2.05) is 9.45 Å². The fourth-order valence-electron chi connectivity index (χ4n) is 1.75. The van der Waals surface area contributed by atoms with E-state index in [-0.39, 0.29) is 0 Å². The molecule has 1 aromatic heterocycles. The summed E-state index contributed by atoms with van der Waals surface area (Å²) < 4.78 is 7.59. The van der Waals surface area contributed by atoms with Gasteiger partial charge in [0.1, 0.15) is 0 Å². The van der Waals surface area contributed by atoms with Crippen LogP contribution in [0, 0.1) is 0 Å². The third kappa shape index (κ3) is 4.36. The number of hydrogen-bond acceptors (Lipinski definition) is 3. The van der Waals surface area contributed by atoms with Crippen LogP contribution in [0.1, 0.15) is 26.2 Å². The highest BCUT2D eigenvalue weighted by Gasteiger charge is 2.09. The number of unbranched alkanes of at least 4 members (excludes halogenated alkanes) is 2. The van der Waals surface area contributed by atoms with E-state index in [0.717, 1.165) is 13.0 Å². The summed E-state index contributed by atoms with van der Waals surface area (Å²) in [7, 11) is 0. The molecule has 0 spiro atoms. The van der Waals surface area contributed by atoms with Crippen LogP contribution < -0.4 is 10.6 Å². The molecule has 0 radical (unpaired) electrons. The Kier molecular flexibility index (Phi) is 5.90. The molecule has 0 aliphatic carbocycles. The lowest BCUT2D eigenvalue weighted by Crippen LogP contribution is -2.24. The number of aromatic nitrogens is 3. The molecule has 0 fully saturated rings. The molecule has 0 unspecified atom stereocenters. The second-order valence-electron chi connectivity index (χ2n) is 4.48. The molecule has 0 aliphatic heterocycles. The molecule has 8 heteroatoms. The number of H-pyrrole nitrogens is 1. The third-order valence-electron chi connectivity index (χ3n) is 2.83. The van der Waals surface area contributed by atoms with Crippen molar-refractivity contribution in [3.63, 3.8) is 0 Å². The van der Waals surface area contributed by atoms with Gasteiger partial charge in [-0.15, -0.1) is 4.91 Å². The number of hydrogen-bond donors (Lipinski definition) is 2. The molecule has 1 heterocycles. The number of benzene rings is 1. The Morgan fingerprint density at radius 2 is 2.00 bits per heavy atom. The largest absolute Gasteiger partial charge is 0.435 e. The summed E-state index contributed by atoms with van der Waals surface area (Å²) >= 11 is 13.6. The number of halogens is 2. The van der Waals surface area contributed by atoms with Gasteiger partial charge >= 0.3 is 0 Å². The molecule has 0 saturated carbocycles. The van der Waals surface area contributed by atoms with E-state index >= 15 is 0 Å². The first-order valence-corrected chi connectivity index (χ1v) is 8.28. The number of rotatable bonds is 6. The van der Waals surface area contributed by atoms with Crippen LogP contribution in [0.15, 0.2) is 23.6 Å². The second kappa shape index (κ2) is 7.68. The van der Waals surface area contributed by atoms with E-state index in [1.165, 1.54) is 29.3 Å². The number of aryl methyl sites for hydroxylation is 1. The van der Waals surface area contributed by atoms with Crippen molar-refractivity contribution >= 4 is 34.7 Å². The first-order valence-electron chi connectivity index (χ1n) is 6.69. The number of ether oxygens (including phenoxy) is 1. The zero-order valence-corrected chi connectivity index (χ0v) is 14.0. The van der Waals surface area contributed by atoms with Gasteiger partial charge in [0.05, 0.1) is 22.0 Å². The Labute approximate surface area is 137 Å². The molecule has 1 aromatic carbocycles. The summed E-state index contributed by atoms with van der Waals surface area (Å²) in [6, 6.07) is 5.20. The van der Waals surface area contributed by atoms with Gasteiger partial charge in [0.2, 0.25) is 5.88 Å². The topological polar surface area (TPSA) is 60.9 Å². The van der Waals surface area contributed by atoms with Crippen LogP contribution >= 0.6 is 34.7 Å². The Morgan fingerprint density at radius 3 is 2.62 bits per heavy atom. The maximum absolute atomic E-state index is 6.07. The summed E-state index contributed by atoms with van der Waals surface area (Å²) in [6.45, 7) is 3.03. The molecular formula is C13H18Cl2N4OS. The van der Waals surface area contributed by atoms with E-state index in [1.54, 1.807) is 18.2 Å². The summed E-state index contributed by atoms with van der Waals surface area (Å²) in [5, 5.41) is 5.66. The highest BCUT2D eigenvalue weighted by atomic mass is 35.5. The van der Waals surface area contributed by atoms with Crippen molar-refractivity contribution < 1.29 is 4.74 Å². The van der Waals surface area contributed by atoms with Crippen molar-refractivity contribution in [1.29, 1.82) is 0 Å². The van der Waals surface area contributed by atoms with Crippen LogP contribution in [0.5, 0.6) is 11.6 Å². The number of nitrogen functional groups attached to an aromatic ring is 1. The van der Waals surface area contributed by atoms with Crippen LogP contribution in [0.3, 0.4) is 0 Å². The van der Waals surface area contributed by atoms with Crippen molar-refractivity contribution in [1.82, 2.24) is 14.1 Å². The quantitative estimate of drug-likeness (QED) is 0.581. The minimum Gasteiger partial charge on any atom is -0.435 e. The van der Waals surface area contributed by atoms with E-state index in [0.29, 0.717) is 21.7 Å². The van der Waals surface area contributed by atoms with Crippen molar-refractivity contribution in [2.24, 2.45) is 0 Å². The second-order valence-corrected chi connectivity index (χ2v) is 6.16. The molecule has 0 aliphatic rings. The maximum atomic E-state index is 6.07. The molecule has 2 aromatic rings. The smallest absolute Gasteiger partial charge is 0.226 e. The van der Waals surface area contributed by atoms with Crippen molar-refractivity contribution in [3.05, 3.63) is 33.6 Å². The van der Waals surface area contributed by atoms with E-state index < -0.39 is 0 Å². The fourth-order valence-corrected chi connectivity index (χ4v) is 2.92. The molecule has 3 N–H and O–H groups in total. The summed E-state index contributed by atoms with van der Waals surface area (Å²) in [5.74, 6) is 6.81. The zero-order valence-electron chi connectivity index (χ0n) is 11.7. The molecule has 116 valence electrons. The fraction of sp³-hybridized carbons (Fsp3) is 0.385. The monoisotopic (exact) mass is 348 g/mol. The van der Waals surface area contributed by atoms with Crippen LogP contribution in [0.2, 0.25) is 10.0 Å². The maximum Gasteiger partial charge on any atom is 0.226 e. The minimum absolute atomic E-state index is 0.410. The highest BCUT2D eigenvalue weighted by Crippen LogP contribution is 2.35. The zero-order chi connectivity index (χ0) is 15.2. The average molecular weight is 349 g/mol. The first-order chi connectivity index (χ1) is 10.1. The molecule has 0 atom stereocenters. The van der Waals surface area contributed by atoms with Gasteiger partial charge in [0.25, 0.3) is 0 Å². The lowest BCUT2D eigenvalue weighted by molar-refractivity contribution is 0.412. The van der Waals surface area contributed by atoms with Crippen LogP contribution in [-0.4, -0.2) is 14.1 Å². The molecule has 0 saturated heterocycles. The van der Waals surface area contributed by atoms with Crippen molar-refractivity contribution in [2.75, 3.05) is 5.84 Å². The lowest BCUT2D eigenvalue weighted by atomic mass is 10.3. The van der Waals surface area contributed by atoms with Gasteiger partial charge in [-0.05, 0) is 30.1 Å². The number of aromatic amines is 1. The molecule has 2 rings (SSSR count). The minimum atomic E-state index is 0.410. The summed E-state index contributed by atoms with van der Waals surface area (Å²) in [6.07, 6.45) is 3.43.